The fourth-order valence-corrected chi connectivity index (χ4v) is 2.63. The summed E-state index contributed by atoms with van der Waals surface area (Å²) in [5.74, 6) is 4.08. The van der Waals surface area contributed by atoms with Crippen molar-refractivity contribution in [3.63, 3.8) is 0 Å². The van der Waals surface area contributed by atoms with Gasteiger partial charge < -0.3 is 5.32 Å². The fourth-order valence-electron chi connectivity index (χ4n) is 2.63. The normalized spacial score (nSPS) is 10.9. The van der Waals surface area contributed by atoms with E-state index < -0.39 is 11.7 Å². The van der Waals surface area contributed by atoms with Gasteiger partial charge in [0.05, 0.1) is 5.69 Å². The van der Waals surface area contributed by atoms with Crippen molar-refractivity contribution in [2.24, 2.45) is 0 Å². The van der Waals surface area contributed by atoms with Crippen LogP contribution in [0.15, 0.2) is 36.5 Å². The first-order valence-electron chi connectivity index (χ1n) is 8.69. The van der Waals surface area contributed by atoms with Gasteiger partial charge in [-0.2, -0.15) is 0 Å². The van der Waals surface area contributed by atoms with Crippen molar-refractivity contribution in [1.29, 1.82) is 0 Å². The predicted molar refractivity (Wildman–Crippen MR) is 105 cm³/mol. The largest absolute Gasteiger partial charge is 0.313 e. The highest BCUT2D eigenvalue weighted by molar-refractivity contribution is 6.04. The van der Waals surface area contributed by atoms with Crippen LogP contribution in [0.3, 0.4) is 0 Å². The Morgan fingerprint density at radius 1 is 1.27 bits per heavy atom. The van der Waals surface area contributed by atoms with Crippen molar-refractivity contribution in [3.05, 3.63) is 53.6 Å². The van der Waals surface area contributed by atoms with Crippen LogP contribution in [-0.4, -0.2) is 10.9 Å². The summed E-state index contributed by atoms with van der Waals surface area (Å²) < 4.78 is 14.1. The van der Waals surface area contributed by atoms with Crippen LogP contribution in [0.1, 0.15) is 44.9 Å². The molecule has 1 N–H and O–H groups in total. The molecule has 0 aliphatic carbocycles. The monoisotopic (exact) mass is 350 g/mol. The van der Waals surface area contributed by atoms with E-state index in [1.165, 1.54) is 6.07 Å². The first kappa shape index (κ1) is 19.4. The average Bonchev–Trinajstić information content (AvgIpc) is 2.62. The number of benzene rings is 1. The summed E-state index contributed by atoms with van der Waals surface area (Å²) in [5.41, 5.74) is 4.92. The minimum Gasteiger partial charge on any atom is -0.313 e. The zero-order chi connectivity index (χ0) is 19.1. The molecule has 0 atom stereocenters. The molecule has 134 valence electrons. The highest BCUT2D eigenvalue weighted by atomic mass is 19.1. The van der Waals surface area contributed by atoms with Crippen molar-refractivity contribution < 1.29 is 9.18 Å². The molecule has 0 saturated carbocycles. The summed E-state index contributed by atoms with van der Waals surface area (Å²) in [7, 11) is 0. The number of halogens is 1. The Balaban J connectivity index is 2.41. The van der Waals surface area contributed by atoms with Crippen LogP contribution in [0, 0.1) is 24.6 Å². The number of aromatic nitrogens is 1. The van der Waals surface area contributed by atoms with E-state index >= 15 is 0 Å². The molecule has 1 heterocycles. The smallest absolute Gasteiger partial charge is 0.300 e. The number of anilines is 1. The second-order valence-corrected chi connectivity index (χ2v) is 5.96. The topological polar surface area (TPSA) is 42.0 Å². The Bertz CT molecular complexity index is 904. The third-order valence-electron chi connectivity index (χ3n) is 3.95. The lowest BCUT2D eigenvalue weighted by atomic mass is 9.99. The van der Waals surface area contributed by atoms with Gasteiger partial charge in [0, 0.05) is 23.9 Å². The number of nitrogens with one attached hydrogen (secondary N) is 1. The summed E-state index contributed by atoms with van der Waals surface area (Å²) >= 11 is 0. The lowest BCUT2D eigenvalue weighted by Crippen LogP contribution is -2.10. The van der Waals surface area contributed by atoms with Crippen LogP contribution in [0.5, 0.6) is 0 Å². The predicted octanol–water partition coefficient (Wildman–Crippen LogP) is 5.36. The lowest BCUT2D eigenvalue weighted by Gasteiger charge is -2.11. The van der Waals surface area contributed by atoms with Crippen LogP contribution in [0.2, 0.25) is 0 Å². The molecule has 0 unspecified atom stereocenters. The number of allylic oxidation sites excluding steroid dienone is 2. The maximum absolute atomic E-state index is 14.1. The molecule has 2 rings (SSSR count). The van der Waals surface area contributed by atoms with Crippen LogP contribution < -0.4 is 5.32 Å². The van der Waals surface area contributed by atoms with E-state index in [0.717, 1.165) is 34.4 Å². The molecule has 0 saturated heterocycles. The van der Waals surface area contributed by atoms with Gasteiger partial charge in [0.15, 0.2) is 0 Å². The van der Waals surface area contributed by atoms with Crippen molar-refractivity contribution in [3.8, 4) is 23.0 Å². The molecule has 0 fully saturated rings. The third kappa shape index (κ3) is 4.80. The molecule has 0 aliphatic heterocycles. The van der Waals surface area contributed by atoms with E-state index in [1.54, 1.807) is 18.3 Å². The highest BCUT2D eigenvalue weighted by Gasteiger charge is 2.10. The van der Waals surface area contributed by atoms with E-state index in [1.807, 2.05) is 19.9 Å². The SMILES string of the molecule is CCC#CC(=O)Nc1cc(-c2cnc(C)c(/C(C)=C\CC)c2)ccc1F. The maximum Gasteiger partial charge on any atom is 0.300 e. The Morgan fingerprint density at radius 2 is 2.04 bits per heavy atom. The number of rotatable bonds is 4. The molecule has 2 aromatic rings. The molecule has 3 nitrogen and oxygen atoms in total. The van der Waals surface area contributed by atoms with Crippen molar-refractivity contribution in [2.45, 2.75) is 40.5 Å². The van der Waals surface area contributed by atoms with Gasteiger partial charge in [0.1, 0.15) is 5.82 Å². The number of nitrogens with zero attached hydrogens (tertiary/aromatic N) is 1. The number of hydrogen-bond donors (Lipinski definition) is 1. The van der Waals surface area contributed by atoms with Gasteiger partial charge in [-0.15, -0.1) is 0 Å². The van der Waals surface area contributed by atoms with Gasteiger partial charge in [0.25, 0.3) is 5.91 Å². The number of carbonyl (C=O) groups is 1. The van der Waals surface area contributed by atoms with Gasteiger partial charge in [0.2, 0.25) is 0 Å². The van der Waals surface area contributed by atoms with Gasteiger partial charge in [-0.25, -0.2) is 4.39 Å². The van der Waals surface area contributed by atoms with Gasteiger partial charge in [-0.05, 0) is 61.1 Å². The molecule has 0 bridgehead atoms. The summed E-state index contributed by atoms with van der Waals surface area (Å²) in [6, 6.07) is 6.67. The first-order valence-corrected chi connectivity index (χ1v) is 8.69. The van der Waals surface area contributed by atoms with Gasteiger partial charge in [-0.1, -0.05) is 31.9 Å². The molecule has 1 aromatic carbocycles. The fraction of sp³-hybridized carbons (Fsp3) is 0.273. The quantitative estimate of drug-likeness (QED) is 0.754. The zero-order valence-corrected chi connectivity index (χ0v) is 15.6. The second-order valence-electron chi connectivity index (χ2n) is 5.96. The number of hydrogen-bond acceptors (Lipinski definition) is 2. The Labute approximate surface area is 154 Å². The molecule has 0 aliphatic rings. The summed E-state index contributed by atoms with van der Waals surface area (Å²) in [6.07, 6.45) is 5.42. The summed E-state index contributed by atoms with van der Waals surface area (Å²) in [5, 5.41) is 2.50. The van der Waals surface area contributed by atoms with E-state index in [9.17, 15) is 9.18 Å². The first-order chi connectivity index (χ1) is 12.5. The molecule has 26 heavy (non-hydrogen) atoms. The van der Waals surface area contributed by atoms with Crippen LogP contribution >= 0.6 is 0 Å². The van der Waals surface area contributed by atoms with E-state index in [2.05, 4.69) is 42.1 Å². The van der Waals surface area contributed by atoms with E-state index in [0.29, 0.717) is 6.42 Å². The Morgan fingerprint density at radius 3 is 2.73 bits per heavy atom. The van der Waals surface area contributed by atoms with E-state index in [4.69, 9.17) is 0 Å². The maximum atomic E-state index is 14.1. The standard InChI is InChI=1S/C22H23FN2O/c1-5-7-9-22(26)25-21-13-17(10-11-20(21)23)18-12-19(15(3)8-6-2)16(4)24-14-18/h8,10-14H,5-6H2,1-4H3,(H,25,26)/b15-8-. The Kier molecular flexibility index (Phi) is 6.68. The van der Waals surface area contributed by atoms with E-state index in [-0.39, 0.29) is 5.69 Å². The van der Waals surface area contributed by atoms with Crippen LogP contribution in [0.25, 0.3) is 16.7 Å². The molecule has 1 amide bonds. The van der Waals surface area contributed by atoms with Gasteiger partial charge >= 0.3 is 0 Å². The minimum atomic E-state index is -0.521. The van der Waals surface area contributed by atoms with Crippen molar-refractivity contribution in [2.75, 3.05) is 5.32 Å². The van der Waals surface area contributed by atoms with Crippen molar-refractivity contribution in [1.82, 2.24) is 4.98 Å². The van der Waals surface area contributed by atoms with Crippen LogP contribution in [-0.2, 0) is 4.79 Å². The summed E-state index contributed by atoms with van der Waals surface area (Å²) in [6.45, 7) is 7.96. The molecule has 0 spiro atoms. The third-order valence-corrected chi connectivity index (χ3v) is 3.95. The number of aryl methyl sites for hydroxylation is 1. The average molecular weight is 350 g/mol. The molecular formula is C22H23FN2O. The van der Waals surface area contributed by atoms with Gasteiger partial charge in [-0.3, -0.25) is 9.78 Å². The van der Waals surface area contributed by atoms with Crippen LogP contribution in [0.4, 0.5) is 10.1 Å². The van der Waals surface area contributed by atoms with Crippen molar-refractivity contribution >= 4 is 17.2 Å². The number of carbonyl (C=O) groups excluding carboxylic acids is 1. The molecular weight excluding hydrogens is 327 g/mol. The highest BCUT2D eigenvalue weighted by Crippen LogP contribution is 2.28. The molecule has 4 heteroatoms. The lowest BCUT2D eigenvalue weighted by molar-refractivity contribution is -0.111. The summed E-state index contributed by atoms with van der Waals surface area (Å²) in [4.78, 5) is 16.2. The molecule has 0 radical (unpaired) electrons. The zero-order valence-electron chi connectivity index (χ0n) is 15.6. The molecule has 1 aromatic heterocycles. The minimum absolute atomic E-state index is 0.112. The number of amides is 1. The second kappa shape index (κ2) is 8.96. The number of pyridine rings is 1. The Hall–Kier alpha value is -2.93.